The van der Waals surface area contributed by atoms with Crippen molar-refractivity contribution in [3.8, 4) is 0 Å². The quantitative estimate of drug-likeness (QED) is 0.524. The van der Waals surface area contributed by atoms with Crippen molar-refractivity contribution in [1.82, 2.24) is 12.9 Å². The van der Waals surface area contributed by atoms with E-state index in [-0.39, 0.29) is 23.6 Å². The maximum absolute atomic E-state index is 13.4. The highest BCUT2D eigenvalue weighted by Crippen LogP contribution is 2.38. The van der Waals surface area contributed by atoms with Gasteiger partial charge in [-0.3, -0.25) is 9.69 Å². The van der Waals surface area contributed by atoms with Crippen LogP contribution in [-0.2, 0) is 19.3 Å². The van der Waals surface area contributed by atoms with Crippen molar-refractivity contribution in [3.63, 3.8) is 0 Å². The van der Waals surface area contributed by atoms with Gasteiger partial charge in [0.1, 0.15) is 0 Å². The predicted molar refractivity (Wildman–Crippen MR) is 88.1 cm³/mol. The number of halogens is 4. The lowest BCUT2D eigenvalue weighted by atomic mass is 9.98. The Labute approximate surface area is 146 Å². The van der Waals surface area contributed by atoms with Gasteiger partial charge in [-0.2, -0.15) is 13.2 Å². The van der Waals surface area contributed by atoms with E-state index in [2.05, 4.69) is 30.9 Å². The molecule has 1 saturated heterocycles. The van der Waals surface area contributed by atoms with Crippen LogP contribution in [0.2, 0.25) is 0 Å². The highest BCUT2D eigenvalue weighted by Gasteiger charge is 2.39. The molecule has 0 unspecified atom stereocenters. The molecule has 3 rings (SSSR count). The molecule has 1 amide bonds. The van der Waals surface area contributed by atoms with Gasteiger partial charge in [0, 0.05) is 74.7 Å². The van der Waals surface area contributed by atoms with Crippen LogP contribution in [0.15, 0.2) is 12.1 Å². The molecular formula is C15H17F3IN3O. The van der Waals surface area contributed by atoms with Crippen molar-refractivity contribution in [2.45, 2.75) is 19.3 Å². The van der Waals surface area contributed by atoms with Gasteiger partial charge in [-0.15, -0.1) is 0 Å². The molecule has 0 atom stereocenters. The van der Waals surface area contributed by atoms with E-state index in [1.165, 1.54) is 18.0 Å². The van der Waals surface area contributed by atoms with Crippen molar-refractivity contribution in [1.29, 1.82) is 0 Å². The standard InChI is InChI=1S/C15H17F3IN3O/c1-20-9-12-11(14(20)23)6-10(7-13(12)15(16,17)18)8-21-2-4-22(19)5-3-21/h6-7H,2-5,8-9H2,1H3. The zero-order valence-electron chi connectivity index (χ0n) is 12.7. The molecule has 1 aromatic carbocycles. The lowest BCUT2D eigenvalue weighted by Gasteiger charge is -2.31. The van der Waals surface area contributed by atoms with Gasteiger partial charge in [-0.05, 0) is 23.3 Å². The van der Waals surface area contributed by atoms with Crippen molar-refractivity contribution in [2.24, 2.45) is 0 Å². The largest absolute Gasteiger partial charge is 0.416 e. The van der Waals surface area contributed by atoms with E-state index >= 15 is 0 Å². The third-order valence-corrected chi connectivity index (χ3v) is 5.28. The Bertz CT molecular complexity index is 627. The third-order valence-electron chi connectivity index (χ3n) is 4.31. The Hall–Kier alpha value is -0.870. The van der Waals surface area contributed by atoms with Crippen LogP contribution in [0.5, 0.6) is 0 Å². The van der Waals surface area contributed by atoms with Crippen molar-refractivity contribution >= 4 is 28.8 Å². The van der Waals surface area contributed by atoms with Crippen molar-refractivity contribution in [2.75, 3.05) is 33.2 Å². The number of piperazine rings is 1. The number of carbonyl (C=O) groups excluding carboxylic acids is 1. The summed E-state index contributed by atoms with van der Waals surface area (Å²) in [4.78, 5) is 15.6. The first-order chi connectivity index (χ1) is 10.8. The summed E-state index contributed by atoms with van der Waals surface area (Å²) >= 11 is 2.25. The van der Waals surface area contributed by atoms with Crippen LogP contribution in [0.1, 0.15) is 27.0 Å². The Morgan fingerprint density at radius 2 is 1.83 bits per heavy atom. The van der Waals surface area contributed by atoms with Gasteiger partial charge in [0.05, 0.1) is 5.56 Å². The second-order valence-electron chi connectivity index (χ2n) is 6.01. The monoisotopic (exact) mass is 439 g/mol. The highest BCUT2D eigenvalue weighted by molar-refractivity contribution is 14.1. The van der Waals surface area contributed by atoms with Gasteiger partial charge in [0.25, 0.3) is 5.91 Å². The summed E-state index contributed by atoms with van der Waals surface area (Å²) in [6.07, 6.45) is -4.44. The highest BCUT2D eigenvalue weighted by atomic mass is 127. The first kappa shape index (κ1) is 17.0. The maximum atomic E-state index is 13.4. The molecule has 0 aliphatic carbocycles. The molecule has 23 heavy (non-hydrogen) atoms. The fourth-order valence-corrected chi connectivity index (χ4v) is 3.52. The van der Waals surface area contributed by atoms with Gasteiger partial charge in [-0.25, -0.2) is 3.11 Å². The van der Waals surface area contributed by atoms with Gasteiger partial charge in [0.15, 0.2) is 0 Å². The number of hydrogen-bond donors (Lipinski definition) is 0. The average molecular weight is 439 g/mol. The molecule has 0 N–H and O–H groups in total. The molecule has 8 heteroatoms. The Balaban J connectivity index is 1.92. The normalized spacial score (nSPS) is 20.2. The number of fused-ring (bicyclic) bond motifs is 1. The molecule has 0 bridgehead atoms. The van der Waals surface area contributed by atoms with Crippen LogP contribution in [0, 0.1) is 0 Å². The zero-order valence-corrected chi connectivity index (χ0v) is 14.8. The van der Waals surface area contributed by atoms with Gasteiger partial charge in [0.2, 0.25) is 0 Å². The fourth-order valence-electron chi connectivity index (χ4n) is 3.09. The zero-order chi connectivity index (χ0) is 16.8. The van der Waals surface area contributed by atoms with Crippen LogP contribution in [0.25, 0.3) is 0 Å². The molecule has 0 spiro atoms. The summed E-state index contributed by atoms with van der Waals surface area (Å²) in [5.74, 6) is -0.329. The van der Waals surface area contributed by atoms with Gasteiger partial charge >= 0.3 is 6.18 Å². The van der Waals surface area contributed by atoms with E-state index in [0.717, 1.165) is 26.2 Å². The van der Waals surface area contributed by atoms with E-state index in [1.54, 1.807) is 6.07 Å². The molecule has 126 valence electrons. The minimum absolute atomic E-state index is 0.0246. The van der Waals surface area contributed by atoms with Crippen LogP contribution >= 0.6 is 22.9 Å². The molecule has 0 saturated carbocycles. The summed E-state index contributed by atoms with van der Waals surface area (Å²) in [6.45, 7) is 3.87. The molecule has 0 radical (unpaired) electrons. The van der Waals surface area contributed by atoms with Crippen molar-refractivity contribution < 1.29 is 18.0 Å². The second-order valence-corrected chi connectivity index (χ2v) is 7.38. The first-order valence-corrected chi connectivity index (χ1v) is 8.33. The molecular weight excluding hydrogens is 422 g/mol. The summed E-state index contributed by atoms with van der Waals surface area (Å²) in [5.41, 5.74) is 0.188. The number of amides is 1. The Kier molecular flexibility index (Phi) is 4.58. The molecule has 4 nitrogen and oxygen atoms in total. The van der Waals surface area contributed by atoms with Crippen molar-refractivity contribution in [3.05, 3.63) is 34.4 Å². The number of hydrogen-bond acceptors (Lipinski definition) is 3. The van der Waals surface area contributed by atoms with E-state index in [9.17, 15) is 18.0 Å². The summed E-state index contributed by atoms with van der Waals surface area (Å²) in [6, 6.07) is 2.84. The lowest BCUT2D eigenvalue weighted by molar-refractivity contribution is -0.138. The summed E-state index contributed by atoms with van der Waals surface area (Å²) < 4.78 is 42.2. The lowest BCUT2D eigenvalue weighted by Crippen LogP contribution is -2.41. The van der Waals surface area contributed by atoms with Gasteiger partial charge < -0.3 is 4.90 Å². The molecule has 2 aliphatic rings. The summed E-state index contributed by atoms with van der Waals surface area (Å²) in [5, 5.41) is 0. The minimum atomic E-state index is -4.44. The van der Waals surface area contributed by atoms with Crippen LogP contribution in [0.3, 0.4) is 0 Å². The number of rotatable bonds is 2. The number of carbonyl (C=O) groups is 1. The van der Waals surface area contributed by atoms with Gasteiger partial charge in [-0.1, -0.05) is 0 Å². The van der Waals surface area contributed by atoms with Crippen LogP contribution in [-0.4, -0.2) is 52.0 Å². The van der Waals surface area contributed by atoms with E-state index in [1.807, 2.05) is 0 Å². The topological polar surface area (TPSA) is 26.8 Å². The molecule has 1 aromatic rings. The predicted octanol–water partition coefficient (Wildman–Crippen LogP) is 2.76. The first-order valence-electron chi connectivity index (χ1n) is 7.37. The minimum Gasteiger partial charge on any atom is -0.337 e. The second kappa shape index (κ2) is 6.21. The Morgan fingerprint density at radius 3 is 2.43 bits per heavy atom. The van der Waals surface area contributed by atoms with E-state index in [4.69, 9.17) is 0 Å². The number of nitrogens with zero attached hydrogens (tertiary/aromatic N) is 3. The summed E-state index contributed by atoms with van der Waals surface area (Å²) in [7, 11) is 1.53. The van der Waals surface area contributed by atoms with Crippen LogP contribution < -0.4 is 0 Å². The molecule has 0 aromatic heterocycles. The average Bonchev–Trinajstić information content (AvgIpc) is 2.75. The van der Waals surface area contributed by atoms with E-state index < -0.39 is 11.7 Å². The molecule has 2 aliphatic heterocycles. The number of alkyl halides is 3. The number of benzene rings is 1. The fraction of sp³-hybridized carbons (Fsp3) is 0.533. The smallest absolute Gasteiger partial charge is 0.337 e. The maximum Gasteiger partial charge on any atom is 0.416 e. The molecule has 1 fully saturated rings. The SMILES string of the molecule is CN1Cc2c(cc(CN3CCN(I)CC3)cc2C(F)(F)F)C1=O. The van der Waals surface area contributed by atoms with Crippen LogP contribution in [0.4, 0.5) is 13.2 Å². The Morgan fingerprint density at radius 1 is 1.17 bits per heavy atom. The molecule has 2 heterocycles. The van der Waals surface area contributed by atoms with E-state index in [0.29, 0.717) is 12.1 Å². The third kappa shape index (κ3) is 3.48.